The lowest BCUT2D eigenvalue weighted by Gasteiger charge is -2.18. The molecule has 0 aliphatic heterocycles. The summed E-state index contributed by atoms with van der Waals surface area (Å²) >= 11 is 5.17. The third kappa shape index (κ3) is 4.77. The monoisotopic (exact) mass is 356 g/mol. The van der Waals surface area contributed by atoms with Crippen molar-refractivity contribution in [1.29, 1.82) is 10.5 Å². The van der Waals surface area contributed by atoms with E-state index < -0.39 is 5.91 Å². The highest BCUT2D eigenvalue weighted by Crippen LogP contribution is 2.32. The molecule has 0 aromatic heterocycles. The third-order valence-electron chi connectivity index (χ3n) is 2.97. The number of nitrogens with two attached hydrogens (primary N) is 1. The van der Waals surface area contributed by atoms with Crippen molar-refractivity contribution in [2.24, 2.45) is 5.84 Å². The van der Waals surface area contributed by atoms with Gasteiger partial charge < -0.3 is 0 Å². The van der Waals surface area contributed by atoms with E-state index in [1.807, 2.05) is 31.2 Å². The Hall–Kier alpha value is -2.45. The number of thiol groups is 1. The van der Waals surface area contributed by atoms with Crippen molar-refractivity contribution < 1.29 is 4.79 Å². The molecule has 0 radical (unpaired) electrons. The number of nitriles is 2. The number of carbonyl (C=O) groups excluding carboxylic acids is 1. The van der Waals surface area contributed by atoms with Gasteiger partial charge in [0.15, 0.2) is 0 Å². The van der Waals surface area contributed by atoms with E-state index in [0.29, 0.717) is 10.6 Å². The number of amides is 1. The van der Waals surface area contributed by atoms with Crippen molar-refractivity contribution in [3.63, 3.8) is 0 Å². The highest BCUT2D eigenvalue weighted by molar-refractivity contribution is 8.07. The Bertz CT molecular complexity index is 795. The van der Waals surface area contributed by atoms with E-state index in [-0.39, 0.29) is 15.4 Å². The van der Waals surface area contributed by atoms with Crippen LogP contribution in [0.1, 0.15) is 12.5 Å². The van der Waals surface area contributed by atoms with Crippen LogP contribution in [0.15, 0.2) is 57.2 Å². The molecule has 1 aromatic carbocycles. The first kappa shape index (κ1) is 19.6. The van der Waals surface area contributed by atoms with Gasteiger partial charge in [-0.2, -0.15) is 10.5 Å². The summed E-state index contributed by atoms with van der Waals surface area (Å²) in [5.41, 5.74) is 1.80. The molecule has 0 saturated carbocycles. The van der Waals surface area contributed by atoms with Gasteiger partial charge in [0.25, 0.3) is 5.91 Å². The van der Waals surface area contributed by atoms with Crippen molar-refractivity contribution in [2.75, 3.05) is 5.01 Å². The van der Waals surface area contributed by atoms with Gasteiger partial charge in [0, 0.05) is 4.91 Å². The fraction of sp³-hybridized carbons (Fsp3) is 0.118. The molecule has 0 heterocycles. The van der Waals surface area contributed by atoms with Crippen LogP contribution in [0.3, 0.4) is 0 Å². The molecular formula is C17H16N4OS2. The minimum atomic E-state index is -0.545. The number of anilines is 1. The summed E-state index contributed by atoms with van der Waals surface area (Å²) in [7, 11) is 0. The predicted octanol–water partition coefficient (Wildman–Crippen LogP) is 3.58. The number of thioether (sulfide) groups is 1. The molecule has 0 aliphatic carbocycles. The minimum Gasteiger partial charge on any atom is -0.267 e. The number of hydrazine groups is 1. The van der Waals surface area contributed by atoms with E-state index in [0.717, 1.165) is 22.3 Å². The van der Waals surface area contributed by atoms with Crippen LogP contribution in [0.4, 0.5) is 5.69 Å². The average Bonchev–Trinajstić information content (AvgIpc) is 2.61. The largest absolute Gasteiger partial charge is 0.279 e. The Labute approximate surface area is 151 Å². The van der Waals surface area contributed by atoms with Gasteiger partial charge in [0.05, 0.1) is 22.2 Å². The SMILES string of the molecule is C=C/C(S/C(C#N)=C(\C)C#N)=C(/S)C(=O)N(N)c1ccc(C)cc1. The summed E-state index contributed by atoms with van der Waals surface area (Å²) in [5.74, 6) is 5.31. The van der Waals surface area contributed by atoms with E-state index in [1.54, 1.807) is 12.1 Å². The van der Waals surface area contributed by atoms with Crippen molar-refractivity contribution in [1.82, 2.24) is 0 Å². The molecule has 0 unspecified atom stereocenters. The van der Waals surface area contributed by atoms with E-state index in [4.69, 9.17) is 16.4 Å². The average molecular weight is 356 g/mol. The number of aryl methyl sites for hydroxylation is 1. The molecule has 0 bridgehead atoms. The van der Waals surface area contributed by atoms with Crippen LogP contribution >= 0.6 is 24.4 Å². The van der Waals surface area contributed by atoms with Crippen LogP contribution in [0.25, 0.3) is 0 Å². The highest BCUT2D eigenvalue weighted by Gasteiger charge is 2.19. The maximum atomic E-state index is 12.5. The Morgan fingerprint density at radius 2 is 1.92 bits per heavy atom. The van der Waals surface area contributed by atoms with Crippen LogP contribution in [0, 0.1) is 29.6 Å². The molecule has 0 saturated heterocycles. The second-order valence-electron chi connectivity index (χ2n) is 4.71. The van der Waals surface area contributed by atoms with Gasteiger partial charge in [-0.15, -0.1) is 12.6 Å². The van der Waals surface area contributed by atoms with Gasteiger partial charge in [0.1, 0.15) is 11.0 Å². The van der Waals surface area contributed by atoms with Gasteiger partial charge in [0.2, 0.25) is 0 Å². The molecule has 0 atom stereocenters. The Kier molecular flexibility index (Phi) is 7.34. The fourth-order valence-electron chi connectivity index (χ4n) is 1.57. The summed E-state index contributed by atoms with van der Waals surface area (Å²) in [6.45, 7) is 7.07. The van der Waals surface area contributed by atoms with Crippen molar-refractivity contribution in [3.8, 4) is 12.1 Å². The van der Waals surface area contributed by atoms with Crippen LogP contribution in [-0.4, -0.2) is 5.91 Å². The minimum absolute atomic E-state index is 0.0385. The molecule has 5 nitrogen and oxygen atoms in total. The van der Waals surface area contributed by atoms with Gasteiger partial charge in [-0.1, -0.05) is 42.1 Å². The normalized spacial score (nSPS) is 12.2. The van der Waals surface area contributed by atoms with Gasteiger partial charge in [-0.25, -0.2) is 10.9 Å². The van der Waals surface area contributed by atoms with E-state index in [1.165, 1.54) is 13.0 Å². The number of rotatable bonds is 5. The number of allylic oxidation sites excluding steroid dienone is 3. The molecule has 122 valence electrons. The fourth-order valence-corrected chi connectivity index (χ4v) is 2.64. The van der Waals surface area contributed by atoms with Crippen LogP contribution in [-0.2, 0) is 4.79 Å². The summed E-state index contributed by atoms with van der Waals surface area (Å²) in [5, 5.41) is 19.0. The zero-order valence-corrected chi connectivity index (χ0v) is 15.0. The Morgan fingerprint density at radius 3 is 2.38 bits per heavy atom. The van der Waals surface area contributed by atoms with Crippen LogP contribution < -0.4 is 10.9 Å². The molecular weight excluding hydrogens is 340 g/mol. The second kappa shape index (κ2) is 8.99. The van der Waals surface area contributed by atoms with Crippen LogP contribution in [0.5, 0.6) is 0 Å². The lowest BCUT2D eigenvalue weighted by atomic mass is 10.2. The molecule has 7 heteroatoms. The summed E-state index contributed by atoms with van der Waals surface area (Å²) in [6.07, 6.45) is 1.40. The number of benzene rings is 1. The zero-order chi connectivity index (χ0) is 18.3. The van der Waals surface area contributed by atoms with Crippen molar-refractivity contribution >= 4 is 36.0 Å². The summed E-state index contributed by atoms with van der Waals surface area (Å²) in [4.78, 5) is 13.0. The Morgan fingerprint density at radius 1 is 1.33 bits per heavy atom. The molecule has 1 aromatic rings. The lowest BCUT2D eigenvalue weighted by molar-refractivity contribution is -0.114. The topological polar surface area (TPSA) is 93.9 Å². The summed E-state index contributed by atoms with van der Waals surface area (Å²) < 4.78 is 0. The first-order chi connectivity index (χ1) is 11.3. The molecule has 2 N–H and O–H groups in total. The van der Waals surface area contributed by atoms with E-state index in [2.05, 4.69) is 19.2 Å². The standard InChI is InChI=1S/C17H16N4OS2/c1-4-14(24-15(10-19)12(3)9-18)16(23)17(22)21(20)13-7-5-11(2)6-8-13/h4-8,23H,1,20H2,2-3H3/b15-12+,16-14-. The number of hydrogen-bond donors (Lipinski definition) is 2. The van der Waals surface area contributed by atoms with Gasteiger partial charge >= 0.3 is 0 Å². The van der Waals surface area contributed by atoms with E-state index >= 15 is 0 Å². The van der Waals surface area contributed by atoms with Crippen molar-refractivity contribution in [2.45, 2.75) is 13.8 Å². The lowest BCUT2D eigenvalue weighted by Crippen LogP contribution is -2.37. The Balaban J connectivity index is 3.16. The second-order valence-corrected chi connectivity index (χ2v) is 6.21. The van der Waals surface area contributed by atoms with Gasteiger partial charge in [-0.05, 0) is 26.0 Å². The predicted molar refractivity (Wildman–Crippen MR) is 101 cm³/mol. The maximum Gasteiger partial charge on any atom is 0.279 e. The first-order valence-electron chi connectivity index (χ1n) is 6.76. The molecule has 24 heavy (non-hydrogen) atoms. The smallest absolute Gasteiger partial charge is 0.267 e. The highest BCUT2D eigenvalue weighted by atomic mass is 32.2. The summed E-state index contributed by atoms with van der Waals surface area (Å²) in [6, 6.07) is 10.9. The molecule has 0 aliphatic rings. The first-order valence-corrected chi connectivity index (χ1v) is 8.02. The quantitative estimate of drug-likeness (QED) is 0.160. The third-order valence-corrected chi connectivity index (χ3v) is 4.75. The number of carbonyl (C=O) groups is 1. The number of hydrogen-bond acceptors (Lipinski definition) is 6. The molecule has 1 rings (SSSR count). The van der Waals surface area contributed by atoms with E-state index in [9.17, 15) is 4.79 Å². The zero-order valence-electron chi connectivity index (χ0n) is 13.3. The van der Waals surface area contributed by atoms with Crippen LogP contribution in [0.2, 0.25) is 0 Å². The van der Waals surface area contributed by atoms with Crippen molar-refractivity contribution in [3.05, 3.63) is 62.8 Å². The van der Waals surface area contributed by atoms with Gasteiger partial charge in [-0.3, -0.25) is 4.79 Å². The molecule has 1 amide bonds. The molecule has 0 fully saturated rings. The number of nitrogens with zero attached hydrogens (tertiary/aromatic N) is 3. The molecule has 0 spiro atoms. The maximum absolute atomic E-state index is 12.5.